The zero-order valence-electron chi connectivity index (χ0n) is 14.7. The standard InChI is InChI=1S/C17H24O7/c1-6-7-15(19)22-10-11-8-13-14(9-12(11)18)24-17(3,21-5)16(2,20-4)23-13/h6-8,13-14H,9-10H2,1-5H3/b7-6+/t13-,14-,16+,17+/m1/s1. The summed E-state index contributed by atoms with van der Waals surface area (Å²) in [6, 6.07) is 0. The highest BCUT2D eigenvalue weighted by Crippen LogP contribution is 2.41. The highest BCUT2D eigenvalue weighted by atomic mass is 16.8. The Bertz CT molecular complexity index is 567. The van der Waals surface area contributed by atoms with Crippen LogP contribution in [0.15, 0.2) is 23.8 Å². The average Bonchev–Trinajstić information content (AvgIpc) is 2.55. The summed E-state index contributed by atoms with van der Waals surface area (Å²) in [6.07, 6.45) is 3.64. The minimum absolute atomic E-state index is 0.0974. The predicted octanol–water partition coefficient (Wildman–Crippen LogP) is 1.51. The lowest BCUT2D eigenvalue weighted by Gasteiger charge is -2.52. The van der Waals surface area contributed by atoms with Gasteiger partial charge in [0.2, 0.25) is 11.6 Å². The highest BCUT2D eigenvalue weighted by Gasteiger charge is 2.57. The van der Waals surface area contributed by atoms with Crippen LogP contribution in [0.5, 0.6) is 0 Å². The number of esters is 1. The van der Waals surface area contributed by atoms with Crippen molar-refractivity contribution in [3.05, 3.63) is 23.8 Å². The molecule has 0 spiro atoms. The van der Waals surface area contributed by atoms with Gasteiger partial charge in [0.1, 0.15) is 12.7 Å². The number of allylic oxidation sites excluding steroid dienone is 1. The topological polar surface area (TPSA) is 80.3 Å². The van der Waals surface area contributed by atoms with E-state index in [-0.39, 0.29) is 18.8 Å². The van der Waals surface area contributed by atoms with Crippen molar-refractivity contribution in [2.24, 2.45) is 0 Å². The molecule has 2 rings (SSSR count). The first-order valence-corrected chi connectivity index (χ1v) is 7.78. The Morgan fingerprint density at radius 3 is 2.50 bits per heavy atom. The van der Waals surface area contributed by atoms with Crippen LogP contribution in [-0.2, 0) is 33.3 Å². The summed E-state index contributed by atoms with van der Waals surface area (Å²) in [5.74, 6) is -2.94. The molecule has 134 valence electrons. The minimum atomic E-state index is -1.15. The third kappa shape index (κ3) is 3.44. The van der Waals surface area contributed by atoms with Crippen molar-refractivity contribution in [1.29, 1.82) is 0 Å². The molecule has 7 heteroatoms. The van der Waals surface area contributed by atoms with Crippen molar-refractivity contribution in [3.63, 3.8) is 0 Å². The molecule has 4 atom stereocenters. The largest absolute Gasteiger partial charge is 0.458 e. The van der Waals surface area contributed by atoms with Crippen LogP contribution in [0.3, 0.4) is 0 Å². The number of carbonyl (C=O) groups excluding carboxylic acids is 2. The summed E-state index contributed by atoms with van der Waals surface area (Å²) >= 11 is 0. The summed E-state index contributed by atoms with van der Waals surface area (Å²) in [4.78, 5) is 23.7. The summed E-state index contributed by atoms with van der Waals surface area (Å²) in [7, 11) is 2.99. The SMILES string of the molecule is C/C=C/C(=O)OCC1=C[C@H]2O[C@](C)(OC)[C@@](C)(OC)O[C@@H]2CC1=O. The Hall–Kier alpha value is -1.54. The Morgan fingerprint density at radius 1 is 1.29 bits per heavy atom. The number of ether oxygens (including phenoxy) is 5. The lowest BCUT2D eigenvalue weighted by molar-refractivity contribution is -0.442. The van der Waals surface area contributed by atoms with Gasteiger partial charge in [0.05, 0.1) is 6.10 Å². The third-order valence-electron chi connectivity index (χ3n) is 4.49. The van der Waals surface area contributed by atoms with Crippen molar-refractivity contribution < 1.29 is 33.3 Å². The number of ketones is 1. The monoisotopic (exact) mass is 340 g/mol. The summed E-state index contributed by atoms with van der Waals surface area (Å²) in [5, 5.41) is 0. The van der Waals surface area contributed by atoms with Gasteiger partial charge < -0.3 is 23.7 Å². The molecule has 1 saturated heterocycles. The maximum atomic E-state index is 12.3. The maximum absolute atomic E-state index is 12.3. The van der Waals surface area contributed by atoms with Crippen LogP contribution in [0.2, 0.25) is 0 Å². The Kier molecular flexibility index (Phi) is 5.59. The van der Waals surface area contributed by atoms with Crippen molar-refractivity contribution in [1.82, 2.24) is 0 Å². The average molecular weight is 340 g/mol. The smallest absolute Gasteiger partial charge is 0.330 e. The molecule has 2 aliphatic rings. The molecule has 24 heavy (non-hydrogen) atoms. The van der Waals surface area contributed by atoms with Gasteiger partial charge in [0.15, 0.2) is 5.78 Å². The molecule has 1 fully saturated rings. The van der Waals surface area contributed by atoms with Crippen LogP contribution in [0.1, 0.15) is 27.2 Å². The molecule has 1 aliphatic heterocycles. The number of fused-ring (bicyclic) bond motifs is 1. The van der Waals surface area contributed by atoms with Gasteiger partial charge in [0.25, 0.3) is 0 Å². The van der Waals surface area contributed by atoms with E-state index >= 15 is 0 Å². The molecule has 1 heterocycles. The fourth-order valence-corrected chi connectivity index (χ4v) is 2.74. The first-order chi connectivity index (χ1) is 11.3. The van der Waals surface area contributed by atoms with E-state index in [9.17, 15) is 9.59 Å². The van der Waals surface area contributed by atoms with E-state index in [1.807, 2.05) is 0 Å². The van der Waals surface area contributed by atoms with E-state index < -0.39 is 29.8 Å². The van der Waals surface area contributed by atoms with Crippen LogP contribution in [0.25, 0.3) is 0 Å². The Balaban J connectivity index is 2.17. The molecular weight excluding hydrogens is 316 g/mol. The Morgan fingerprint density at radius 2 is 1.92 bits per heavy atom. The first-order valence-electron chi connectivity index (χ1n) is 7.78. The number of rotatable bonds is 5. The number of Topliss-reactive ketones (excluding diaryl/α,β-unsaturated/α-hetero) is 1. The van der Waals surface area contributed by atoms with Gasteiger partial charge >= 0.3 is 5.97 Å². The summed E-state index contributed by atoms with van der Waals surface area (Å²) in [6.45, 7) is 5.03. The van der Waals surface area contributed by atoms with Crippen LogP contribution in [-0.4, -0.2) is 56.4 Å². The molecule has 0 N–H and O–H groups in total. The number of hydrogen-bond acceptors (Lipinski definition) is 7. The van der Waals surface area contributed by atoms with Crippen LogP contribution in [0.4, 0.5) is 0 Å². The second kappa shape index (κ2) is 7.14. The van der Waals surface area contributed by atoms with Crippen molar-refractivity contribution in [2.75, 3.05) is 20.8 Å². The van der Waals surface area contributed by atoms with Gasteiger partial charge in [-0.05, 0) is 26.8 Å². The summed E-state index contributed by atoms with van der Waals surface area (Å²) in [5.41, 5.74) is 0.386. The molecule has 0 aromatic heterocycles. The molecule has 0 aromatic carbocycles. The molecule has 0 aromatic rings. The Labute approximate surface area is 141 Å². The molecule has 0 bridgehead atoms. The number of carbonyl (C=O) groups is 2. The van der Waals surface area contributed by atoms with Gasteiger partial charge in [-0.15, -0.1) is 0 Å². The number of methoxy groups -OCH3 is 2. The zero-order chi connectivity index (χ0) is 18.0. The highest BCUT2D eigenvalue weighted by molar-refractivity contribution is 5.97. The quantitative estimate of drug-likeness (QED) is 0.554. The first kappa shape index (κ1) is 18.8. The fourth-order valence-electron chi connectivity index (χ4n) is 2.74. The van der Waals surface area contributed by atoms with Gasteiger partial charge in [0, 0.05) is 32.3 Å². The second-order valence-corrected chi connectivity index (χ2v) is 5.97. The molecule has 0 radical (unpaired) electrons. The van der Waals surface area contributed by atoms with Crippen LogP contribution >= 0.6 is 0 Å². The zero-order valence-corrected chi connectivity index (χ0v) is 14.7. The van der Waals surface area contributed by atoms with Gasteiger partial charge in [-0.3, -0.25) is 4.79 Å². The maximum Gasteiger partial charge on any atom is 0.330 e. The van der Waals surface area contributed by atoms with Crippen molar-refractivity contribution in [3.8, 4) is 0 Å². The van der Waals surface area contributed by atoms with E-state index in [1.165, 1.54) is 20.3 Å². The molecule has 1 aliphatic carbocycles. The predicted molar refractivity (Wildman–Crippen MR) is 84.1 cm³/mol. The van der Waals surface area contributed by atoms with Crippen LogP contribution in [0, 0.1) is 0 Å². The van der Waals surface area contributed by atoms with E-state index in [1.54, 1.807) is 32.9 Å². The van der Waals surface area contributed by atoms with Gasteiger partial charge in [-0.1, -0.05) is 6.08 Å². The van der Waals surface area contributed by atoms with Crippen molar-refractivity contribution >= 4 is 11.8 Å². The van der Waals surface area contributed by atoms with Crippen LogP contribution < -0.4 is 0 Å². The second-order valence-electron chi connectivity index (χ2n) is 5.97. The third-order valence-corrected chi connectivity index (χ3v) is 4.49. The van der Waals surface area contributed by atoms with E-state index in [4.69, 9.17) is 23.7 Å². The number of hydrogen-bond donors (Lipinski definition) is 0. The van der Waals surface area contributed by atoms with Gasteiger partial charge in [-0.25, -0.2) is 4.79 Å². The fraction of sp³-hybridized carbons (Fsp3) is 0.647. The summed E-state index contributed by atoms with van der Waals surface area (Å²) < 4.78 is 27.9. The van der Waals surface area contributed by atoms with E-state index in [0.717, 1.165) is 0 Å². The normalized spacial score (nSPS) is 36.4. The molecule has 7 nitrogen and oxygen atoms in total. The lowest BCUT2D eigenvalue weighted by atomic mass is 9.91. The molecular formula is C17H24O7. The van der Waals surface area contributed by atoms with E-state index in [2.05, 4.69) is 0 Å². The van der Waals surface area contributed by atoms with Crippen molar-refractivity contribution in [2.45, 2.75) is 51.0 Å². The minimum Gasteiger partial charge on any atom is -0.458 e. The lowest BCUT2D eigenvalue weighted by Crippen LogP contribution is -2.65. The van der Waals surface area contributed by atoms with Gasteiger partial charge in [-0.2, -0.15) is 0 Å². The van der Waals surface area contributed by atoms with E-state index in [0.29, 0.717) is 5.57 Å². The molecule has 0 amide bonds. The molecule has 0 saturated carbocycles. The molecule has 0 unspecified atom stereocenters.